The molecule has 2 aromatic carbocycles. The van der Waals surface area contributed by atoms with Gasteiger partial charge in [-0.3, -0.25) is 14.9 Å². The van der Waals surface area contributed by atoms with Crippen molar-refractivity contribution in [1.29, 1.82) is 0 Å². The number of para-hydroxylation sites is 1. The van der Waals surface area contributed by atoms with Crippen LogP contribution in [0.5, 0.6) is 0 Å². The smallest absolute Gasteiger partial charge is 0.271 e. The zero-order valence-corrected chi connectivity index (χ0v) is 13.4. The fourth-order valence-corrected chi connectivity index (χ4v) is 2.23. The van der Waals surface area contributed by atoms with Gasteiger partial charge in [0.1, 0.15) is 0 Å². The third-order valence-corrected chi connectivity index (χ3v) is 3.71. The molecule has 0 spiro atoms. The second kappa shape index (κ2) is 7.04. The summed E-state index contributed by atoms with van der Waals surface area (Å²) in [5.41, 5.74) is 2.06. The Bertz CT molecular complexity index is 719. The maximum absolute atomic E-state index is 11.9. The van der Waals surface area contributed by atoms with Gasteiger partial charge < -0.3 is 10.6 Å². The lowest BCUT2D eigenvalue weighted by Crippen LogP contribution is -2.22. The van der Waals surface area contributed by atoms with Crippen LogP contribution < -0.4 is 10.6 Å². The van der Waals surface area contributed by atoms with Gasteiger partial charge in [0.25, 0.3) is 5.69 Å². The van der Waals surface area contributed by atoms with Gasteiger partial charge in [0, 0.05) is 22.3 Å². The van der Waals surface area contributed by atoms with E-state index in [1.165, 1.54) is 12.1 Å². The lowest BCUT2D eigenvalue weighted by molar-refractivity contribution is -0.384. The number of carbonyl (C=O) groups excluding carboxylic acids is 1. The Labute approximate surface area is 135 Å². The second-order valence-electron chi connectivity index (χ2n) is 4.64. The first-order valence-corrected chi connectivity index (χ1v) is 7.30. The third-order valence-electron chi connectivity index (χ3n) is 3.02. The normalized spacial score (nSPS) is 10.1. The van der Waals surface area contributed by atoms with Crippen LogP contribution in [0.15, 0.2) is 46.9 Å². The van der Waals surface area contributed by atoms with Crippen molar-refractivity contribution in [3.63, 3.8) is 0 Å². The second-order valence-corrected chi connectivity index (χ2v) is 5.49. The Morgan fingerprint density at radius 2 is 1.95 bits per heavy atom. The molecule has 114 valence electrons. The molecular formula is C15H14BrN3O3. The fraction of sp³-hybridized carbons (Fsp3) is 0.133. The standard InChI is InChI=1S/C15H14BrN3O3/c1-10-6-7-11(19(21)22)8-14(10)17-9-15(20)18-13-5-3-2-4-12(13)16/h2-8,17H,9H2,1H3,(H,18,20). The van der Waals surface area contributed by atoms with Gasteiger partial charge in [0.15, 0.2) is 0 Å². The van der Waals surface area contributed by atoms with Gasteiger partial charge in [-0.05, 0) is 40.5 Å². The van der Waals surface area contributed by atoms with Crippen molar-refractivity contribution >= 4 is 38.9 Å². The first-order valence-electron chi connectivity index (χ1n) is 6.50. The summed E-state index contributed by atoms with van der Waals surface area (Å²) >= 11 is 3.35. The van der Waals surface area contributed by atoms with Crippen LogP contribution in [0, 0.1) is 17.0 Å². The van der Waals surface area contributed by atoms with E-state index in [1.54, 1.807) is 12.1 Å². The molecule has 0 aromatic heterocycles. The Balaban J connectivity index is 2.01. The van der Waals surface area contributed by atoms with E-state index in [0.717, 1.165) is 10.0 Å². The number of carbonyl (C=O) groups is 1. The highest BCUT2D eigenvalue weighted by Gasteiger charge is 2.10. The largest absolute Gasteiger partial charge is 0.376 e. The minimum atomic E-state index is -0.466. The number of non-ortho nitro benzene ring substituents is 1. The predicted octanol–water partition coefficient (Wildman–Crippen LogP) is 3.72. The quantitative estimate of drug-likeness (QED) is 0.626. The summed E-state index contributed by atoms with van der Waals surface area (Å²) in [4.78, 5) is 22.2. The van der Waals surface area contributed by atoms with Gasteiger partial charge in [-0.2, -0.15) is 0 Å². The summed E-state index contributed by atoms with van der Waals surface area (Å²) in [6, 6.07) is 11.8. The highest BCUT2D eigenvalue weighted by molar-refractivity contribution is 9.10. The topological polar surface area (TPSA) is 84.3 Å². The molecule has 0 aliphatic carbocycles. The average molecular weight is 364 g/mol. The summed E-state index contributed by atoms with van der Waals surface area (Å²) in [6.45, 7) is 1.83. The maximum atomic E-state index is 11.9. The molecule has 2 rings (SSSR count). The molecule has 0 atom stereocenters. The number of amides is 1. The van der Waals surface area contributed by atoms with Crippen LogP contribution >= 0.6 is 15.9 Å². The zero-order chi connectivity index (χ0) is 16.1. The molecule has 2 N–H and O–H groups in total. The number of nitrogens with one attached hydrogen (secondary N) is 2. The van der Waals surface area contributed by atoms with Crippen LogP contribution in [0.2, 0.25) is 0 Å². The van der Waals surface area contributed by atoms with Crippen molar-refractivity contribution in [3.05, 3.63) is 62.6 Å². The van der Waals surface area contributed by atoms with E-state index in [4.69, 9.17) is 0 Å². The number of hydrogen-bond acceptors (Lipinski definition) is 4. The van der Waals surface area contributed by atoms with Gasteiger partial charge in [-0.1, -0.05) is 18.2 Å². The van der Waals surface area contributed by atoms with Crippen LogP contribution in [-0.2, 0) is 4.79 Å². The summed E-state index contributed by atoms with van der Waals surface area (Å²) < 4.78 is 0.787. The van der Waals surface area contributed by atoms with Crippen LogP contribution in [0.25, 0.3) is 0 Å². The van der Waals surface area contributed by atoms with E-state index in [-0.39, 0.29) is 18.1 Å². The van der Waals surface area contributed by atoms with Crippen LogP contribution in [0.4, 0.5) is 17.1 Å². The molecular weight excluding hydrogens is 350 g/mol. The van der Waals surface area contributed by atoms with Crippen molar-refractivity contribution in [2.75, 3.05) is 17.2 Å². The van der Waals surface area contributed by atoms with Crippen LogP contribution in [0.1, 0.15) is 5.56 Å². The number of hydrogen-bond donors (Lipinski definition) is 2. The minimum Gasteiger partial charge on any atom is -0.376 e. The van der Waals surface area contributed by atoms with Crippen molar-refractivity contribution in [2.45, 2.75) is 6.92 Å². The molecule has 0 saturated carbocycles. The van der Waals surface area contributed by atoms with Crippen LogP contribution in [-0.4, -0.2) is 17.4 Å². The lowest BCUT2D eigenvalue weighted by Gasteiger charge is -2.10. The molecule has 0 saturated heterocycles. The molecule has 0 radical (unpaired) electrons. The van der Waals surface area contributed by atoms with Crippen molar-refractivity contribution in [2.24, 2.45) is 0 Å². The minimum absolute atomic E-state index is 0.0145. The number of benzene rings is 2. The number of halogens is 1. The van der Waals surface area contributed by atoms with E-state index in [2.05, 4.69) is 26.6 Å². The number of anilines is 2. The SMILES string of the molecule is Cc1ccc([N+](=O)[O-])cc1NCC(=O)Nc1ccccc1Br. The summed E-state index contributed by atoms with van der Waals surface area (Å²) in [6.07, 6.45) is 0. The number of nitrogens with zero attached hydrogens (tertiary/aromatic N) is 1. The number of aryl methyl sites for hydroxylation is 1. The average Bonchev–Trinajstić information content (AvgIpc) is 2.48. The maximum Gasteiger partial charge on any atom is 0.271 e. The highest BCUT2D eigenvalue weighted by atomic mass is 79.9. The third kappa shape index (κ3) is 4.05. The van der Waals surface area contributed by atoms with Gasteiger partial charge in [-0.15, -0.1) is 0 Å². The summed E-state index contributed by atoms with van der Waals surface area (Å²) in [5.74, 6) is -0.238. The van der Waals surface area contributed by atoms with Gasteiger partial charge in [0.2, 0.25) is 5.91 Å². The monoisotopic (exact) mass is 363 g/mol. The molecule has 2 aromatic rings. The fourth-order valence-electron chi connectivity index (χ4n) is 1.85. The van der Waals surface area contributed by atoms with Gasteiger partial charge in [-0.25, -0.2) is 0 Å². The number of nitro benzene ring substituents is 1. The Kier molecular flexibility index (Phi) is 5.11. The molecule has 1 amide bonds. The van der Waals surface area contributed by atoms with Crippen molar-refractivity contribution < 1.29 is 9.72 Å². The highest BCUT2D eigenvalue weighted by Crippen LogP contribution is 2.23. The number of nitro groups is 1. The predicted molar refractivity (Wildman–Crippen MR) is 89.1 cm³/mol. The Morgan fingerprint density at radius 3 is 2.64 bits per heavy atom. The Morgan fingerprint density at radius 1 is 1.23 bits per heavy atom. The van der Waals surface area contributed by atoms with E-state index in [9.17, 15) is 14.9 Å². The number of rotatable bonds is 5. The van der Waals surface area contributed by atoms with Gasteiger partial charge >= 0.3 is 0 Å². The summed E-state index contributed by atoms with van der Waals surface area (Å²) in [5, 5.41) is 16.4. The summed E-state index contributed by atoms with van der Waals surface area (Å²) in [7, 11) is 0. The van der Waals surface area contributed by atoms with E-state index >= 15 is 0 Å². The molecule has 0 aliphatic rings. The molecule has 0 heterocycles. The van der Waals surface area contributed by atoms with Crippen molar-refractivity contribution in [3.8, 4) is 0 Å². The molecule has 0 unspecified atom stereocenters. The molecule has 6 nitrogen and oxygen atoms in total. The Hall–Kier alpha value is -2.41. The van der Waals surface area contributed by atoms with E-state index in [1.807, 2.05) is 25.1 Å². The zero-order valence-electron chi connectivity index (χ0n) is 11.8. The molecule has 0 bridgehead atoms. The lowest BCUT2D eigenvalue weighted by atomic mass is 10.2. The molecule has 7 heteroatoms. The molecule has 22 heavy (non-hydrogen) atoms. The molecule has 0 aliphatic heterocycles. The van der Waals surface area contributed by atoms with E-state index < -0.39 is 4.92 Å². The van der Waals surface area contributed by atoms with E-state index in [0.29, 0.717) is 11.4 Å². The molecule has 0 fully saturated rings. The first-order chi connectivity index (χ1) is 10.5. The van der Waals surface area contributed by atoms with Crippen molar-refractivity contribution in [1.82, 2.24) is 0 Å². The van der Waals surface area contributed by atoms with Crippen LogP contribution in [0.3, 0.4) is 0 Å². The first kappa shape index (κ1) is 16.0. The van der Waals surface area contributed by atoms with Gasteiger partial charge in [0.05, 0.1) is 17.2 Å².